The molecule has 0 heterocycles. The first-order valence-corrected chi connectivity index (χ1v) is 11.0. The Kier molecular flexibility index (Phi) is 5.83. The summed E-state index contributed by atoms with van der Waals surface area (Å²) < 4.78 is 5.22. The summed E-state index contributed by atoms with van der Waals surface area (Å²) in [5, 5.41) is 9.19. The van der Waals surface area contributed by atoms with Crippen LogP contribution in [0.4, 0.5) is 0 Å². The van der Waals surface area contributed by atoms with Gasteiger partial charge in [0.05, 0.1) is 26.1 Å². The van der Waals surface area contributed by atoms with Crippen molar-refractivity contribution in [3.63, 3.8) is 0 Å². The van der Waals surface area contributed by atoms with Crippen molar-refractivity contribution in [2.75, 3.05) is 27.2 Å². The van der Waals surface area contributed by atoms with E-state index in [0.29, 0.717) is 19.5 Å². The Labute approximate surface area is 174 Å². The SMILES string of the molecule is COc1ccc(CN(C)CC(=O)N(CCC#N)C23CC4CC(CC(C4)C2)C3)cc1. The van der Waals surface area contributed by atoms with Gasteiger partial charge in [0, 0.05) is 18.6 Å². The van der Waals surface area contributed by atoms with E-state index >= 15 is 0 Å². The molecule has 4 saturated carbocycles. The topological polar surface area (TPSA) is 56.6 Å². The third-order valence-electron chi connectivity index (χ3n) is 7.34. The molecule has 0 aromatic heterocycles. The van der Waals surface area contributed by atoms with Crippen molar-refractivity contribution in [3.8, 4) is 11.8 Å². The average Bonchev–Trinajstić information content (AvgIpc) is 2.67. The lowest BCUT2D eigenvalue weighted by molar-refractivity contribution is -0.151. The van der Waals surface area contributed by atoms with E-state index in [-0.39, 0.29) is 11.4 Å². The van der Waals surface area contributed by atoms with E-state index in [0.717, 1.165) is 49.3 Å². The molecule has 0 aliphatic heterocycles. The fourth-order valence-electron chi connectivity index (χ4n) is 6.60. The van der Waals surface area contributed by atoms with Gasteiger partial charge < -0.3 is 9.64 Å². The maximum Gasteiger partial charge on any atom is 0.237 e. The highest BCUT2D eigenvalue weighted by Gasteiger charge is 2.54. The van der Waals surface area contributed by atoms with E-state index in [1.807, 2.05) is 31.3 Å². The molecule has 0 radical (unpaired) electrons. The molecule has 0 saturated heterocycles. The largest absolute Gasteiger partial charge is 0.497 e. The van der Waals surface area contributed by atoms with Crippen LogP contribution in [0.15, 0.2) is 24.3 Å². The lowest BCUT2D eigenvalue weighted by Gasteiger charge is -2.60. The van der Waals surface area contributed by atoms with Crippen LogP contribution in [0.3, 0.4) is 0 Å². The Balaban J connectivity index is 1.44. The van der Waals surface area contributed by atoms with Gasteiger partial charge in [-0.25, -0.2) is 0 Å². The van der Waals surface area contributed by atoms with Crippen molar-refractivity contribution < 1.29 is 9.53 Å². The summed E-state index contributed by atoms with van der Waals surface area (Å²) in [6, 6.07) is 10.3. The molecule has 5 heteroatoms. The van der Waals surface area contributed by atoms with E-state index in [9.17, 15) is 10.1 Å². The highest BCUT2D eigenvalue weighted by atomic mass is 16.5. The van der Waals surface area contributed by atoms with Crippen molar-refractivity contribution >= 4 is 5.91 Å². The Hall–Kier alpha value is -2.06. The molecule has 4 bridgehead atoms. The number of benzene rings is 1. The van der Waals surface area contributed by atoms with Crippen molar-refractivity contribution in [2.24, 2.45) is 17.8 Å². The fraction of sp³-hybridized carbons (Fsp3) is 0.667. The molecule has 156 valence electrons. The smallest absolute Gasteiger partial charge is 0.237 e. The number of hydrogen-bond donors (Lipinski definition) is 0. The van der Waals surface area contributed by atoms with Crippen molar-refractivity contribution in [3.05, 3.63) is 29.8 Å². The van der Waals surface area contributed by atoms with E-state index in [1.54, 1.807) is 7.11 Å². The lowest BCUT2D eigenvalue weighted by atomic mass is 9.52. The molecule has 1 aromatic rings. The van der Waals surface area contributed by atoms with Crippen LogP contribution in [0.25, 0.3) is 0 Å². The third-order valence-corrected chi connectivity index (χ3v) is 7.34. The molecule has 0 N–H and O–H groups in total. The maximum absolute atomic E-state index is 13.4. The second kappa shape index (κ2) is 8.36. The summed E-state index contributed by atoms with van der Waals surface area (Å²) in [6.45, 7) is 1.71. The summed E-state index contributed by atoms with van der Waals surface area (Å²) in [7, 11) is 3.67. The number of rotatable bonds is 8. The molecular weight excluding hydrogens is 362 g/mol. The van der Waals surface area contributed by atoms with Gasteiger partial charge in [0.25, 0.3) is 0 Å². The number of hydrogen-bond acceptors (Lipinski definition) is 4. The quantitative estimate of drug-likeness (QED) is 0.671. The molecular formula is C24H33N3O2. The van der Waals surface area contributed by atoms with Crippen LogP contribution in [0.1, 0.15) is 50.5 Å². The van der Waals surface area contributed by atoms with Crippen LogP contribution >= 0.6 is 0 Å². The predicted molar refractivity (Wildman–Crippen MR) is 112 cm³/mol. The van der Waals surface area contributed by atoms with Crippen LogP contribution in [-0.2, 0) is 11.3 Å². The van der Waals surface area contributed by atoms with Crippen molar-refractivity contribution in [1.29, 1.82) is 5.26 Å². The molecule has 1 amide bonds. The van der Waals surface area contributed by atoms with Crippen LogP contribution in [0.5, 0.6) is 5.75 Å². The predicted octanol–water partition coefficient (Wildman–Crippen LogP) is 3.84. The minimum Gasteiger partial charge on any atom is -0.497 e. The summed E-state index contributed by atoms with van der Waals surface area (Å²) in [4.78, 5) is 17.6. The monoisotopic (exact) mass is 395 g/mol. The maximum atomic E-state index is 13.4. The molecule has 29 heavy (non-hydrogen) atoms. The van der Waals surface area contributed by atoms with Crippen molar-refractivity contribution in [2.45, 2.75) is 57.0 Å². The Morgan fingerprint density at radius 3 is 2.24 bits per heavy atom. The first-order valence-electron chi connectivity index (χ1n) is 11.0. The number of methoxy groups -OCH3 is 1. The van der Waals surface area contributed by atoms with Crippen molar-refractivity contribution in [1.82, 2.24) is 9.80 Å². The summed E-state index contributed by atoms with van der Waals surface area (Å²) in [5.74, 6) is 3.40. The molecule has 1 aromatic carbocycles. The lowest BCUT2D eigenvalue weighted by Crippen LogP contribution is -2.62. The fourth-order valence-corrected chi connectivity index (χ4v) is 6.60. The number of ether oxygens (including phenoxy) is 1. The van der Waals surface area contributed by atoms with E-state index in [2.05, 4.69) is 15.9 Å². The molecule has 0 atom stereocenters. The molecule has 5 rings (SSSR count). The summed E-state index contributed by atoms with van der Waals surface area (Å²) in [6.07, 6.45) is 7.95. The van der Waals surface area contributed by atoms with Crippen LogP contribution in [-0.4, -0.2) is 48.5 Å². The Bertz CT molecular complexity index is 732. The van der Waals surface area contributed by atoms with E-state index in [4.69, 9.17) is 4.74 Å². The number of carbonyl (C=O) groups is 1. The molecule has 4 fully saturated rings. The molecule has 4 aliphatic rings. The van der Waals surface area contributed by atoms with Gasteiger partial charge in [-0.2, -0.15) is 5.26 Å². The molecule has 4 aliphatic carbocycles. The number of amides is 1. The Morgan fingerprint density at radius 1 is 1.14 bits per heavy atom. The third kappa shape index (κ3) is 4.28. The Morgan fingerprint density at radius 2 is 1.72 bits per heavy atom. The number of nitriles is 1. The van der Waals surface area contributed by atoms with Gasteiger partial charge in [-0.1, -0.05) is 12.1 Å². The standard InChI is InChI=1S/C24H33N3O2/c1-26(16-18-4-6-22(29-2)7-5-18)17-23(28)27(9-3-8-25)24-13-19-10-20(14-24)12-21(11-19)15-24/h4-7,19-21H,3,9-17H2,1-2H3. The number of carbonyl (C=O) groups excluding carboxylic acids is 1. The zero-order chi connectivity index (χ0) is 20.4. The minimum absolute atomic E-state index is 0.0175. The van der Waals surface area contributed by atoms with Gasteiger partial charge in [0.1, 0.15) is 5.75 Å². The second-order valence-electron chi connectivity index (χ2n) is 9.62. The highest BCUT2D eigenvalue weighted by molar-refractivity contribution is 5.79. The van der Waals surface area contributed by atoms with Gasteiger partial charge in [0.2, 0.25) is 5.91 Å². The molecule has 0 unspecified atom stereocenters. The summed E-state index contributed by atoms with van der Waals surface area (Å²) in [5.41, 5.74) is 1.18. The van der Waals surface area contributed by atoms with Gasteiger partial charge >= 0.3 is 0 Å². The normalized spacial score (nSPS) is 29.7. The van der Waals surface area contributed by atoms with Gasteiger partial charge in [0.15, 0.2) is 0 Å². The van der Waals surface area contributed by atoms with Crippen LogP contribution < -0.4 is 4.74 Å². The average molecular weight is 396 g/mol. The zero-order valence-corrected chi connectivity index (χ0v) is 17.8. The zero-order valence-electron chi connectivity index (χ0n) is 17.8. The van der Waals surface area contributed by atoms with E-state index < -0.39 is 0 Å². The first-order chi connectivity index (χ1) is 14.0. The summed E-state index contributed by atoms with van der Waals surface area (Å²) >= 11 is 0. The van der Waals surface area contributed by atoms with Crippen LogP contribution in [0.2, 0.25) is 0 Å². The van der Waals surface area contributed by atoms with E-state index in [1.165, 1.54) is 24.8 Å². The first kappa shape index (κ1) is 20.2. The van der Waals surface area contributed by atoms with Crippen LogP contribution in [0, 0.1) is 29.1 Å². The van der Waals surface area contributed by atoms with Gasteiger partial charge in [-0.3, -0.25) is 9.69 Å². The molecule has 5 nitrogen and oxygen atoms in total. The van der Waals surface area contributed by atoms with Gasteiger partial charge in [-0.05, 0) is 81.0 Å². The highest BCUT2D eigenvalue weighted by Crippen LogP contribution is 2.57. The molecule has 0 spiro atoms. The number of nitrogens with zero attached hydrogens (tertiary/aromatic N) is 3. The second-order valence-corrected chi connectivity index (χ2v) is 9.62. The number of likely N-dealkylation sites (N-methyl/N-ethyl adjacent to an activating group) is 1. The minimum atomic E-state index is 0.0175. The van der Waals surface area contributed by atoms with Gasteiger partial charge in [-0.15, -0.1) is 0 Å².